The molecule has 104 valence electrons. The maximum absolute atomic E-state index is 12.5. The smallest absolute Gasteiger partial charge is 0.255 e. The Morgan fingerprint density at radius 1 is 1.32 bits per heavy atom. The zero-order valence-electron chi connectivity index (χ0n) is 11.2. The predicted molar refractivity (Wildman–Crippen MR) is 75.9 cm³/mol. The van der Waals surface area contributed by atoms with Gasteiger partial charge >= 0.3 is 0 Å². The molecular weight excluding hydrogens is 262 g/mol. The summed E-state index contributed by atoms with van der Waals surface area (Å²) in [6.07, 6.45) is 6.85. The molecule has 1 aliphatic heterocycles. The molecule has 1 saturated heterocycles. The molecule has 0 amide bonds. The number of aryl methyl sites for hydroxylation is 1. The van der Waals surface area contributed by atoms with Crippen molar-refractivity contribution in [2.24, 2.45) is 0 Å². The Bertz CT molecular complexity index is 518. The van der Waals surface area contributed by atoms with E-state index in [0.717, 1.165) is 37.9 Å². The normalized spacial score (nSPS) is 22.5. The molecule has 2 aliphatic rings. The summed E-state index contributed by atoms with van der Waals surface area (Å²) < 4.78 is 7.63. The van der Waals surface area contributed by atoms with E-state index in [0.29, 0.717) is 12.4 Å². The summed E-state index contributed by atoms with van der Waals surface area (Å²) in [5, 5.41) is 0. The average molecular weight is 282 g/mol. The molecule has 0 saturated carbocycles. The van der Waals surface area contributed by atoms with Gasteiger partial charge < -0.3 is 9.30 Å². The molecule has 3 nitrogen and oxygen atoms in total. The van der Waals surface area contributed by atoms with Crippen LogP contribution < -0.4 is 5.56 Å². The molecule has 1 fully saturated rings. The molecule has 0 spiro atoms. The summed E-state index contributed by atoms with van der Waals surface area (Å²) in [5.74, 6) is 0.303. The van der Waals surface area contributed by atoms with E-state index < -0.39 is 0 Å². The van der Waals surface area contributed by atoms with Crippen LogP contribution in [0.5, 0.6) is 0 Å². The van der Waals surface area contributed by atoms with Gasteiger partial charge in [-0.05, 0) is 50.2 Å². The van der Waals surface area contributed by atoms with Crippen molar-refractivity contribution in [3.05, 3.63) is 33.2 Å². The highest BCUT2D eigenvalue weighted by molar-refractivity contribution is 6.17. The van der Waals surface area contributed by atoms with Crippen molar-refractivity contribution in [1.29, 1.82) is 0 Å². The maximum atomic E-state index is 12.5. The first-order valence-corrected chi connectivity index (χ1v) is 7.75. The van der Waals surface area contributed by atoms with E-state index in [1.54, 1.807) is 0 Å². The largest absolute Gasteiger partial charge is 0.376 e. The van der Waals surface area contributed by atoms with Gasteiger partial charge in [0.15, 0.2) is 0 Å². The van der Waals surface area contributed by atoms with E-state index in [1.165, 1.54) is 24.1 Å². The molecule has 2 heterocycles. The van der Waals surface area contributed by atoms with Crippen LogP contribution in [0, 0.1) is 0 Å². The van der Waals surface area contributed by atoms with Gasteiger partial charge in [0, 0.05) is 17.9 Å². The van der Waals surface area contributed by atoms with Crippen LogP contribution in [-0.4, -0.2) is 17.3 Å². The van der Waals surface area contributed by atoms with E-state index in [1.807, 2.05) is 10.6 Å². The summed E-state index contributed by atoms with van der Waals surface area (Å²) >= 11 is 5.92. The quantitative estimate of drug-likeness (QED) is 0.798. The lowest BCUT2D eigenvalue weighted by Gasteiger charge is -2.23. The van der Waals surface area contributed by atoms with Crippen molar-refractivity contribution in [3.63, 3.8) is 0 Å². The van der Waals surface area contributed by atoms with Crippen molar-refractivity contribution in [3.8, 4) is 0 Å². The zero-order chi connectivity index (χ0) is 13.2. The summed E-state index contributed by atoms with van der Waals surface area (Å²) in [7, 11) is 0. The van der Waals surface area contributed by atoms with Crippen LogP contribution in [0.25, 0.3) is 0 Å². The first kappa shape index (κ1) is 13.2. The lowest BCUT2D eigenvalue weighted by Crippen LogP contribution is -2.33. The van der Waals surface area contributed by atoms with E-state index in [4.69, 9.17) is 16.3 Å². The standard InChI is InChI=1S/C15H20ClNO2/c16-9-12-8-11-4-1-2-6-14(11)17(15(12)18)10-13-5-3-7-19-13/h8,13H,1-7,9-10H2. The average Bonchev–Trinajstić information content (AvgIpc) is 2.94. The zero-order valence-corrected chi connectivity index (χ0v) is 11.9. The molecule has 1 unspecified atom stereocenters. The number of fused-ring (bicyclic) bond motifs is 1. The van der Waals surface area contributed by atoms with E-state index in [-0.39, 0.29) is 11.7 Å². The van der Waals surface area contributed by atoms with Gasteiger partial charge in [-0.1, -0.05) is 0 Å². The van der Waals surface area contributed by atoms with Gasteiger partial charge in [-0.15, -0.1) is 11.6 Å². The fraction of sp³-hybridized carbons (Fsp3) is 0.667. The highest BCUT2D eigenvalue weighted by Crippen LogP contribution is 2.23. The Kier molecular flexibility index (Phi) is 3.94. The Hall–Kier alpha value is -0.800. The van der Waals surface area contributed by atoms with Crippen LogP contribution in [0.3, 0.4) is 0 Å². The number of rotatable bonds is 3. The van der Waals surface area contributed by atoms with Crippen molar-refractivity contribution in [2.75, 3.05) is 6.61 Å². The molecule has 1 aliphatic carbocycles. The van der Waals surface area contributed by atoms with Crippen molar-refractivity contribution in [2.45, 2.75) is 57.1 Å². The molecule has 1 aromatic heterocycles. The molecule has 1 aromatic rings. The Morgan fingerprint density at radius 2 is 2.16 bits per heavy atom. The fourth-order valence-corrected chi connectivity index (χ4v) is 3.42. The third-order valence-electron chi connectivity index (χ3n) is 4.23. The molecule has 0 aromatic carbocycles. The summed E-state index contributed by atoms with van der Waals surface area (Å²) in [6, 6.07) is 2.02. The molecule has 4 heteroatoms. The van der Waals surface area contributed by atoms with Crippen molar-refractivity contribution < 1.29 is 4.74 Å². The monoisotopic (exact) mass is 281 g/mol. The van der Waals surface area contributed by atoms with Crippen LogP contribution in [0.15, 0.2) is 10.9 Å². The fourth-order valence-electron chi connectivity index (χ4n) is 3.23. The number of pyridine rings is 1. The van der Waals surface area contributed by atoms with Gasteiger partial charge in [0.25, 0.3) is 5.56 Å². The van der Waals surface area contributed by atoms with Crippen LogP contribution in [0.1, 0.15) is 42.5 Å². The van der Waals surface area contributed by atoms with E-state index in [2.05, 4.69) is 0 Å². The topological polar surface area (TPSA) is 31.2 Å². The number of aromatic nitrogens is 1. The van der Waals surface area contributed by atoms with Crippen LogP contribution in [-0.2, 0) is 30.0 Å². The summed E-state index contributed by atoms with van der Waals surface area (Å²) in [4.78, 5) is 12.5. The van der Waals surface area contributed by atoms with Gasteiger partial charge in [-0.25, -0.2) is 0 Å². The van der Waals surface area contributed by atoms with E-state index in [9.17, 15) is 4.79 Å². The van der Waals surface area contributed by atoms with Gasteiger partial charge in [0.2, 0.25) is 0 Å². The highest BCUT2D eigenvalue weighted by atomic mass is 35.5. The molecule has 19 heavy (non-hydrogen) atoms. The number of hydrogen-bond donors (Lipinski definition) is 0. The molecule has 1 atom stereocenters. The Labute approximate surface area is 118 Å². The lowest BCUT2D eigenvalue weighted by atomic mass is 9.94. The number of hydrogen-bond acceptors (Lipinski definition) is 2. The highest BCUT2D eigenvalue weighted by Gasteiger charge is 2.22. The second-order valence-electron chi connectivity index (χ2n) is 5.53. The number of nitrogens with zero attached hydrogens (tertiary/aromatic N) is 1. The minimum Gasteiger partial charge on any atom is -0.376 e. The van der Waals surface area contributed by atoms with Gasteiger partial charge in [-0.2, -0.15) is 0 Å². The minimum absolute atomic E-state index is 0.0890. The van der Waals surface area contributed by atoms with Gasteiger partial charge in [-0.3, -0.25) is 4.79 Å². The van der Waals surface area contributed by atoms with Gasteiger partial charge in [0.05, 0.1) is 18.5 Å². The molecular formula is C15H20ClNO2. The number of alkyl halides is 1. The predicted octanol–water partition coefficient (Wildman–Crippen LogP) is 2.64. The Morgan fingerprint density at radius 3 is 2.89 bits per heavy atom. The van der Waals surface area contributed by atoms with Gasteiger partial charge in [0.1, 0.15) is 0 Å². The van der Waals surface area contributed by atoms with Crippen LogP contribution >= 0.6 is 11.6 Å². The van der Waals surface area contributed by atoms with Crippen LogP contribution in [0.4, 0.5) is 0 Å². The SMILES string of the molecule is O=c1c(CCl)cc2c(n1CC1CCCO1)CCCC2. The number of halogens is 1. The maximum Gasteiger partial charge on any atom is 0.255 e. The number of ether oxygens (including phenoxy) is 1. The molecule has 0 radical (unpaired) electrons. The van der Waals surface area contributed by atoms with Crippen LogP contribution in [0.2, 0.25) is 0 Å². The molecule has 3 rings (SSSR count). The Balaban J connectivity index is 2.01. The second-order valence-corrected chi connectivity index (χ2v) is 5.80. The van der Waals surface area contributed by atoms with Crippen molar-refractivity contribution in [1.82, 2.24) is 4.57 Å². The summed E-state index contributed by atoms with van der Waals surface area (Å²) in [6.45, 7) is 1.53. The first-order chi connectivity index (χ1) is 9.29. The van der Waals surface area contributed by atoms with E-state index >= 15 is 0 Å². The first-order valence-electron chi connectivity index (χ1n) is 7.21. The minimum atomic E-state index is 0.0890. The molecule has 0 N–H and O–H groups in total. The molecule has 0 bridgehead atoms. The summed E-state index contributed by atoms with van der Waals surface area (Å²) in [5.41, 5.74) is 3.37. The third-order valence-corrected chi connectivity index (χ3v) is 4.52. The van der Waals surface area contributed by atoms with Crippen molar-refractivity contribution >= 4 is 11.6 Å². The lowest BCUT2D eigenvalue weighted by molar-refractivity contribution is 0.0952. The second kappa shape index (κ2) is 5.68. The third kappa shape index (κ3) is 2.59.